The molecule has 2 unspecified atom stereocenters. The third kappa shape index (κ3) is 0.546. The Labute approximate surface area is 58.0 Å². The number of nitrogens with one attached hydrogen (secondary N) is 2. The molecule has 56 valence electrons. The maximum Gasteiger partial charge on any atom is 0.259 e. The lowest BCUT2D eigenvalue weighted by Gasteiger charge is -2.12. The minimum absolute atomic E-state index is 0.139. The van der Waals surface area contributed by atoms with Crippen molar-refractivity contribution in [2.45, 2.75) is 5.67 Å². The van der Waals surface area contributed by atoms with Gasteiger partial charge in [-0.2, -0.15) is 0 Å². The van der Waals surface area contributed by atoms with Crippen LogP contribution in [0.5, 0.6) is 0 Å². The minimum atomic E-state index is -1.60. The van der Waals surface area contributed by atoms with Gasteiger partial charge in [0, 0.05) is 25.6 Å². The first-order chi connectivity index (χ1) is 4.73. The summed E-state index contributed by atoms with van der Waals surface area (Å²) in [5.41, 5.74) is -1.60. The summed E-state index contributed by atoms with van der Waals surface area (Å²) in [6, 6.07) is 0. The number of hydrogen-bond donors (Lipinski definition) is 2. The highest BCUT2D eigenvalue weighted by atomic mass is 19.1. The molecule has 0 saturated carbocycles. The summed E-state index contributed by atoms with van der Waals surface area (Å²) in [6.07, 6.45) is 0. The molecule has 1 amide bonds. The van der Waals surface area contributed by atoms with Gasteiger partial charge in [0.1, 0.15) is 0 Å². The summed E-state index contributed by atoms with van der Waals surface area (Å²) in [5, 5.41) is 5.37. The van der Waals surface area contributed by atoms with Crippen LogP contribution in [0.25, 0.3) is 0 Å². The van der Waals surface area contributed by atoms with Crippen LogP contribution in [0.4, 0.5) is 4.39 Å². The molecule has 0 radical (unpaired) electrons. The van der Waals surface area contributed by atoms with Gasteiger partial charge >= 0.3 is 0 Å². The maximum absolute atomic E-state index is 13.4. The van der Waals surface area contributed by atoms with E-state index < -0.39 is 11.6 Å². The van der Waals surface area contributed by atoms with Crippen molar-refractivity contribution >= 4 is 5.91 Å². The number of carbonyl (C=O) groups excluding carboxylic acids is 1. The molecule has 2 fully saturated rings. The molecule has 10 heavy (non-hydrogen) atoms. The minimum Gasteiger partial charge on any atom is -0.353 e. The van der Waals surface area contributed by atoms with Gasteiger partial charge in [-0.05, 0) is 0 Å². The van der Waals surface area contributed by atoms with Crippen molar-refractivity contribution in [2.75, 3.05) is 19.6 Å². The Bertz CT molecular complexity index is 185. The number of rotatable bonds is 0. The predicted molar refractivity (Wildman–Crippen MR) is 33.2 cm³/mol. The monoisotopic (exact) mass is 144 g/mol. The third-order valence-electron chi connectivity index (χ3n) is 2.31. The molecule has 0 aromatic carbocycles. The second-order valence-corrected chi connectivity index (χ2v) is 2.90. The third-order valence-corrected chi connectivity index (χ3v) is 2.31. The Morgan fingerprint density at radius 1 is 1.60 bits per heavy atom. The normalized spacial score (nSPS) is 45.3. The first kappa shape index (κ1) is 6.09. The lowest BCUT2D eigenvalue weighted by atomic mass is 9.97. The van der Waals surface area contributed by atoms with Gasteiger partial charge in [-0.3, -0.25) is 4.79 Å². The lowest BCUT2D eigenvalue weighted by Crippen LogP contribution is -2.39. The summed E-state index contributed by atoms with van der Waals surface area (Å²) < 4.78 is 13.4. The van der Waals surface area contributed by atoms with E-state index in [-0.39, 0.29) is 12.5 Å². The summed E-state index contributed by atoms with van der Waals surface area (Å²) in [4.78, 5) is 10.9. The van der Waals surface area contributed by atoms with Crippen molar-refractivity contribution in [3.8, 4) is 0 Å². The molecule has 2 heterocycles. The zero-order valence-electron chi connectivity index (χ0n) is 5.48. The van der Waals surface area contributed by atoms with E-state index in [1.165, 1.54) is 0 Å². The highest BCUT2D eigenvalue weighted by Crippen LogP contribution is 2.30. The van der Waals surface area contributed by atoms with Gasteiger partial charge in [-0.1, -0.05) is 0 Å². The highest BCUT2D eigenvalue weighted by molar-refractivity contribution is 5.88. The molecule has 2 atom stereocenters. The van der Waals surface area contributed by atoms with Crippen LogP contribution in [0.2, 0.25) is 0 Å². The van der Waals surface area contributed by atoms with Gasteiger partial charge < -0.3 is 10.6 Å². The van der Waals surface area contributed by atoms with Crippen LogP contribution in [0.15, 0.2) is 0 Å². The molecule has 3 nitrogen and oxygen atoms in total. The van der Waals surface area contributed by atoms with Crippen molar-refractivity contribution < 1.29 is 9.18 Å². The Kier molecular flexibility index (Phi) is 1.03. The zero-order chi connectivity index (χ0) is 7.19. The summed E-state index contributed by atoms with van der Waals surface area (Å²) in [7, 11) is 0. The fraction of sp³-hybridized carbons (Fsp3) is 0.833. The molecule has 4 heteroatoms. The average Bonchev–Trinajstić information content (AvgIpc) is 2.36. The number of halogens is 1. The van der Waals surface area contributed by atoms with E-state index in [4.69, 9.17) is 0 Å². The molecule has 0 bridgehead atoms. The summed E-state index contributed by atoms with van der Waals surface area (Å²) >= 11 is 0. The van der Waals surface area contributed by atoms with E-state index in [1.54, 1.807) is 0 Å². The van der Waals surface area contributed by atoms with Crippen molar-refractivity contribution in [2.24, 2.45) is 5.92 Å². The molecule has 0 spiro atoms. The Balaban J connectivity index is 2.30. The van der Waals surface area contributed by atoms with Gasteiger partial charge in [-0.15, -0.1) is 0 Å². The van der Waals surface area contributed by atoms with Gasteiger partial charge in [0.25, 0.3) is 5.91 Å². The Hall–Kier alpha value is -0.640. The van der Waals surface area contributed by atoms with E-state index in [2.05, 4.69) is 10.6 Å². The Morgan fingerprint density at radius 2 is 2.40 bits per heavy atom. The SMILES string of the molecule is O=C1NCC2CNCC12F. The first-order valence-corrected chi connectivity index (χ1v) is 3.41. The fourth-order valence-electron chi connectivity index (χ4n) is 1.60. The molecular formula is C6H9FN2O. The van der Waals surface area contributed by atoms with Crippen LogP contribution in [0.1, 0.15) is 0 Å². The van der Waals surface area contributed by atoms with E-state index in [1.807, 2.05) is 0 Å². The van der Waals surface area contributed by atoms with Crippen LogP contribution in [-0.2, 0) is 4.79 Å². The molecule has 2 N–H and O–H groups in total. The second-order valence-electron chi connectivity index (χ2n) is 2.90. The van der Waals surface area contributed by atoms with Crippen LogP contribution in [0, 0.1) is 5.92 Å². The fourth-order valence-corrected chi connectivity index (χ4v) is 1.60. The average molecular weight is 144 g/mol. The van der Waals surface area contributed by atoms with Crippen LogP contribution >= 0.6 is 0 Å². The summed E-state index contributed by atoms with van der Waals surface area (Å²) in [5.74, 6) is -0.581. The van der Waals surface area contributed by atoms with Crippen LogP contribution in [-0.4, -0.2) is 31.2 Å². The first-order valence-electron chi connectivity index (χ1n) is 3.41. The smallest absolute Gasteiger partial charge is 0.259 e. The quantitative estimate of drug-likeness (QED) is 0.460. The Morgan fingerprint density at radius 3 is 3.10 bits per heavy atom. The largest absolute Gasteiger partial charge is 0.353 e. The molecule has 0 aliphatic carbocycles. The van der Waals surface area contributed by atoms with Crippen molar-refractivity contribution in [3.63, 3.8) is 0 Å². The second kappa shape index (κ2) is 1.69. The van der Waals surface area contributed by atoms with E-state index in [0.717, 1.165) is 0 Å². The van der Waals surface area contributed by atoms with Gasteiger partial charge in [0.15, 0.2) is 0 Å². The predicted octanol–water partition coefficient (Wildman–Crippen LogP) is -0.956. The topological polar surface area (TPSA) is 41.1 Å². The van der Waals surface area contributed by atoms with E-state index in [9.17, 15) is 9.18 Å². The van der Waals surface area contributed by atoms with E-state index in [0.29, 0.717) is 13.1 Å². The summed E-state index contributed by atoms with van der Waals surface area (Å²) in [6.45, 7) is 1.29. The number of fused-ring (bicyclic) bond motifs is 1. The molecule has 2 aliphatic rings. The van der Waals surface area contributed by atoms with Crippen molar-refractivity contribution in [1.29, 1.82) is 0 Å². The number of amides is 1. The van der Waals surface area contributed by atoms with Crippen molar-refractivity contribution in [1.82, 2.24) is 10.6 Å². The van der Waals surface area contributed by atoms with Gasteiger partial charge in [0.2, 0.25) is 5.67 Å². The van der Waals surface area contributed by atoms with Crippen LogP contribution < -0.4 is 10.6 Å². The van der Waals surface area contributed by atoms with Crippen molar-refractivity contribution in [3.05, 3.63) is 0 Å². The molecule has 0 aromatic heterocycles. The highest BCUT2D eigenvalue weighted by Gasteiger charge is 2.53. The molecule has 0 aromatic rings. The van der Waals surface area contributed by atoms with E-state index >= 15 is 0 Å². The number of carbonyl (C=O) groups is 1. The number of hydrogen-bond acceptors (Lipinski definition) is 2. The zero-order valence-corrected chi connectivity index (χ0v) is 5.48. The maximum atomic E-state index is 13.4. The lowest BCUT2D eigenvalue weighted by molar-refractivity contribution is -0.129. The van der Waals surface area contributed by atoms with Gasteiger partial charge in [0.05, 0.1) is 0 Å². The standard InChI is InChI=1S/C6H9FN2O/c7-6-3-8-1-4(6)2-9-5(6)10/h4,8H,1-3H2,(H,9,10). The van der Waals surface area contributed by atoms with Crippen LogP contribution in [0.3, 0.4) is 0 Å². The number of alkyl halides is 1. The molecule has 2 saturated heterocycles. The molecule has 2 rings (SSSR count). The molecular weight excluding hydrogens is 135 g/mol. The molecule has 2 aliphatic heterocycles. The van der Waals surface area contributed by atoms with Gasteiger partial charge in [-0.25, -0.2) is 4.39 Å².